The van der Waals surface area contributed by atoms with E-state index in [1.807, 2.05) is 0 Å². The van der Waals surface area contributed by atoms with Crippen LogP contribution >= 0.6 is 0 Å². The standard InChI is InChI=1S/C14H21N3O2/c1-10-3-2-6-14(7-10,9-18)17-13(19)12-5-4-11(15)8-16-12/h4-5,8,10,18H,2-3,6-7,9,15H2,1H3,(H,17,19). The molecular formula is C14H21N3O2. The van der Waals surface area contributed by atoms with Crippen molar-refractivity contribution in [1.29, 1.82) is 0 Å². The van der Waals surface area contributed by atoms with Crippen molar-refractivity contribution in [2.45, 2.75) is 38.1 Å². The maximum Gasteiger partial charge on any atom is 0.270 e. The molecule has 5 nitrogen and oxygen atoms in total. The third kappa shape index (κ3) is 3.23. The van der Waals surface area contributed by atoms with Crippen LogP contribution in [0.25, 0.3) is 0 Å². The minimum Gasteiger partial charge on any atom is -0.397 e. The second-order valence-electron chi connectivity index (χ2n) is 5.57. The smallest absolute Gasteiger partial charge is 0.270 e. The summed E-state index contributed by atoms with van der Waals surface area (Å²) in [6, 6.07) is 3.25. The molecule has 0 bridgehead atoms. The maximum atomic E-state index is 12.2. The number of nitrogens with one attached hydrogen (secondary N) is 1. The van der Waals surface area contributed by atoms with Crippen LogP contribution in [-0.4, -0.2) is 28.1 Å². The van der Waals surface area contributed by atoms with Crippen LogP contribution in [0.4, 0.5) is 5.69 Å². The van der Waals surface area contributed by atoms with Gasteiger partial charge in [0.1, 0.15) is 5.69 Å². The Labute approximate surface area is 113 Å². The maximum absolute atomic E-state index is 12.2. The van der Waals surface area contributed by atoms with E-state index in [1.165, 1.54) is 6.20 Å². The molecule has 0 saturated heterocycles. The fourth-order valence-electron chi connectivity index (χ4n) is 2.80. The van der Waals surface area contributed by atoms with Crippen LogP contribution in [0.1, 0.15) is 43.1 Å². The van der Waals surface area contributed by atoms with E-state index < -0.39 is 5.54 Å². The van der Waals surface area contributed by atoms with E-state index in [0.29, 0.717) is 17.3 Å². The van der Waals surface area contributed by atoms with Crippen molar-refractivity contribution >= 4 is 11.6 Å². The summed E-state index contributed by atoms with van der Waals surface area (Å²) in [6.45, 7) is 2.12. The highest BCUT2D eigenvalue weighted by molar-refractivity contribution is 5.93. The molecule has 19 heavy (non-hydrogen) atoms. The van der Waals surface area contributed by atoms with Crippen molar-refractivity contribution in [3.05, 3.63) is 24.0 Å². The molecule has 104 valence electrons. The Balaban J connectivity index is 2.09. The van der Waals surface area contributed by atoms with Gasteiger partial charge in [-0.3, -0.25) is 4.79 Å². The summed E-state index contributed by atoms with van der Waals surface area (Å²) in [7, 11) is 0. The second kappa shape index (κ2) is 5.57. The van der Waals surface area contributed by atoms with Gasteiger partial charge in [-0.05, 0) is 30.9 Å². The molecule has 2 atom stereocenters. The van der Waals surface area contributed by atoms with Gasteiger partial charge in [-0.1, -0.05) is 19.8 Å². The Morgan fingerprint density at radius 3 is 3.00 bits per heavy atom. The number of rotatable bonds is 3. The van der Waals surface area contributed by atoms with Crippen molar-refractivity contribution in [2.24, 2.45) is 5.92 Å². The molecule has 5 heteroatoms. The molecule has 1 heterocycles. The molecule has 0 aliphatic heterocycles. The molecule has 1 aliphatic rings. The highest BCUT2D eigenvalue weighted by atomic mass is 16.3. The van der Waals surface area contributed by atoms with Crippen molar-refractivity contribution in [3.63, 3.8) is 0 Å². The zero-order chi connectivity index (χ0) is 13.9. The summed E-state index contributed by atoms with van der Waals surface area (Å²) in [5.74, 6) is 0.267. The molecule has 2 unspecified atom stereocenters. The Morgan fingerprint density at radius 2 is 2.42 bits per heavy atom. The number of nitrogens with two attached hydrogens (primary N) is 1. The van der Waals surface area contributed by atoms with E-state index in [4.69, 9.17) is 5.73 Å². The van der Waals surface area contributed by atoms with Gasteiger partial charge in [0.15, 0.2) is 0 Å². The molecule has 0 aromatic carbocycles. The lowest BCUT2D eigenvalue weighted by Crippen LogP contribution is -2.54. The average molecular weight is 263 g/mol. The molecule has 1 aliphatic carbocycles. The number of hydrogen-bond donors (Lipinski definition) is 3. The number of carbonyl (C=O) groups is 1. The molecule has 0 spiro atoms. The van der Waals surface area contributed by atoms with Gasteiger partial charge in [0.2, 0.25) is 0 Å². The van der Waals surface area contributed by atoms with Crippen LogP contribution in [0.3, 0.4) is 0 Å². The Hall–Kier alpha value is -1.62. The number of nitrogens with zero attached hydrogens (tertiary/aromatic N) is 1. The summed E-state index contributed by atoms with van der Waals surface area (Å²) in [5, 5.41) is 12.6. The van der Waals surface area contributed by atoms with Crippen LogP contribution in [0, 0.1) is 5.92 Å². The van der Waals surface area contributed by atoms with Gasteiger partial charge in [-0.15, -0.1) is 0 Å². The number of aliphatic hydroxyl groups is 1. The lowest BCUT2D eigenvalue weighted by atomic mass is 9.77. The summed E-state index contributed by atoms with van der Waals surface area (Å²) < 4.78 is 0. The molecule has 1 aromatic heterocycles. The third-order valence-electron chi connectivity index (χ3n) is 3.79. The molecule has 1 saturated carbocycles. The Bertz CT molecular complexity index is 447. The minimum atomic E-state index is -0.502. The fraction of sp³-hybridized carbons (Fsp3) is 0.571. The van der Waals surface area contributed by atoms with Crippen molar-refractivity contribution in [3.8, 4) is 0 Å². The van der Waals surface area contributed by atoms with Crippen molar-refractivity contribution in [1.82, 2.24) is 10.3 Å². The quantitative estimate of drug-likeness (QED) is 0.767. The Kier molecular flexibility index (Phi) is 4.04. The number of carbonyl (C=O) groups excluding carboxylic acids is 1. The summed E-state index contributed by atoms with van der Waals surface area (Å²) >= 11 is 0. The fourth-order valence-corrected chi connectivity index (χ4v) is 2.80. The molecule has 2 rings (SSSR count). The van der Waals surface area contributed by atoms with Crippen LogP contribution in [-0.2, 0) is 0 Å². The predicted molar refractivity (Wildman–Crippen MR) is 73.6 cm³/mol. The number of anilines is 1. The van der Waals surface area contributed by atoms with E-state index in [-0.39, 0.29) is 12.5 Å². The van der Waals surface area contributed by atoms with Gasteiger partial charge in [-0.2, -0.15) is 0 Å². The number of nitrogen functional groups attached to an aromatic ring is 1. The number of hydrogen-bond acceptors (Lipinski definition) is 4. The number of aliphatic hydroxyl groups excluding tert-OH is 1. The largest absolute Gasteiger partial charge is 0.397 e. The Morgan fingerprint density at radius 1 is 1.63 bits per heavy atom. The van der Waals surface area contributed by atoms with Gasteiger partial charge in [0, 0.05) is 0 Å². The van der Waals surface area contributed by atoms with E-state index >= 15 is 0 Å². The van der Waals surface area contributed by atoms with E-state index in [0.717, 1.165) is 25.7 Å². The van der Waals surface area contributed by atoms with Gasteiger partial charge in [0.25, 0.3) is 5.91 Å². The number of amides is 1. The normalized spacial score (nSPS) is 26.9. The lowest BCUT2D eigenvalue weighted by molar-refractivity contribution is 0.0693. The van der Waals surface area contributed by atoms with E-state index in [1.54, 1.807) is 12.1 Å². The first-order valence-corrected chi connectivity index (χ1v) is 6.69. The predicted octanol–water partition coefficient (Wildman–Crippen LogP) is 1.33. The second-order valence-corrected chi connectivity index (χ2v) is 5.57. The van der Waals surface area contributed by atoms with Gasteiger partial charge in [0.05, 0.1) is 24.0 Å². The molecule has 1 fully saturated rings. The zero-order valence-electron chi connectivity index (χ0n) is 11.2. The highest BCUT2D eigenvalue weighted by Gasteiger charge is 2.36. The third-order valence-corrected chi connectivity index (χ3v) is 3.79. The monoisotopic (exact) mass is 263 g/mol. The zero-order valence-corrected chi connectivity index (χ0v) is 11.2. The molecule has 1 amide bonds. The first-order valence-electron chi connectivity index (χ1n) is 6.69. The minimum absolute atomic E-state index is 0.0297. The summed E-state index contributed by atoms with van der Waals surface area (Å²) in [4.78, 5) is 16.2. The highest BCUT2D eigenvalue weighted by Crippen LogP contribution is 2.32. The van der Waals surface area contributed by atoms with Crippen molar-refractivity contribution in [2.75, 3.05) is 12.3 Å². The van der Waals surface area contributed by atoms with Crippen LogP contribution in [0.15, 0.2) is 18.3 Å². The van der Waals surface area contributed by atoms with Gasteiger partial charge in [-0.25, -0.2) is 4.98 Å². The van der Waals surface area contributed by atoms with E-state index in [9.17, 15) is 9.90 Å². The molecule has 0 radical (unpaired) electrons. The summed E-state index contributed by atoms with van der Waals surface area (Å²) in [6.07, 6.45) is 5.26. The van der Waals surface area contributed by atoms with Gasteiger partial charge < -0.3 is 16.2 Å². The average Bonchev–Trinajstić information content (AvgIpc) is 2.39. The molecule has 4 N–H and O–H groups in total. The van der Waals surface area contributed by atoms with Crippen molar-refractivity contribution < 1.29 is 9.90 Å². The van der Waals surface area contributed by atoms with E-state index in [2.05, 4.69) is 17.2 Å². The molecular weight excluding hydrogens is 242 g/mol. The van der Waals surface area contributed by atoms with Crippen LogP contribution in [0.5, 0.6) is 0 Å². The SMILES string of the molecule is CC1CCCC(CO)(NC(=O)c2ccc(N)cn2)C1. The number of aromatic nitrogens is 1. The summed E-state index contributed by atoms with van der Waals surface area (Å²) in [5.41, 5.74) is 5.91. The number of pyridine rings is 1. The first-order chi connectivity index (χ1) is 9.04. The van der Waals surface area contributed by atoms with Crippen LogP contribution < -0.4 is 11.1 Å². The van der Waals surface area contributed by atoms with Crippen LogP contribution in [0.2, 0.25) is 0 Å². The first kappa shape index (κ1) is 13.8. The lowest BCUT2D eigenvalue weighted by Gasteiger charge is -2.39. The topological polar surface area (TPSA) is 88.2 Å². The molecule has 1 aromatic rings. The van der Waals surface area contributed by atoms with Gasteiger partial charge >= 0.3 is 0 Å².